The average molecular weight is 288 g/mol. The molecule has 0 aliphatic carbocycles. The third kappa shape index (κ3) is 2.59. The highest BCUT2D eigenvalue weighted by molar-refractivity contribution is 5.75. The largest absolute Gasteiger partial charge is 0.497 e. The number of carbonyl (C=O) groups excluding carboxylic acids is 1. The van der Waals surface area contributed by atoms with Crippen LogP contribution in [0.5, 0.6) is 5.75 Å². The van der Waals surface area contributed by atoms with E-state index < -0.39 is 11.1 Å². The number of rotatable bonds is 3. The lowest BCUT2D eigenvalue weighted by molar-refractivity contribution is -0.138. The lowest BCUT2D eigenvalue weighted by Crippen LogP contribution is -2.63. The normalized spacial score (nSPS) is 28.5. The molecule has 112 valence electrons. The van der Waals surface area contributed by atoms with Crippen molar-refractivity contribution in [1.82, 2.24) is 5.32 Å². The van der Waals surface area contributed by atoms with Crippen molar-refractivity contribution in [3.8, 4) is 11.8 Å². The predicted molar refractivity (Wildman–Crippen MR) is 77.7 cm³/mol. The van der Waals surface area contributed by atoms with Crippen molar-refractivity contribution in [2.75, 3.05) is 13.7 Å². The maximum absolute atomic E-state index is 11.6. The number of amides is 1. The van der Waals surface area contributed by atoms with Gasteiger partial charge in [0.15, 0.2) is 5.54 Å². The quantitative estimate of drug-likeness (QED) is 0.924. The Labute approximate surface area is 124 Å². The molecule has 2 atom stereocenters. The molecule has 5 nitrogen and oxygen atoms in total. The van der Waals surface area contributed by atoms with E-state index in [0.717, 1.165) is 17.7 Å². The molecule has 0 saturated carbocycles. The molecule has 1 amide bonds. The van der Waals surface area contributed by atoms with Crippen LogP contribution in [-0.2, 0) is 15.1 Å². The maximum atomic E-state index is 11.6. The number of benzene rings is 1. The fourth-order valence-corrected chi connectivity index (χ4v) is 2.89. The molecule has 0 aromatic heterocycles. The van der Waals surface area contributed by atoms with Gasteiger partial charge in [-0.05, 0) is 37.5 Å². The van der Waals surface area contributed by atoms with E-state index in [0.29, 0.717) is 13.0 Å². The van der Waals surface area contributed by atoms with Crippen LogP contribution in [-0.4, -0.2) is 25.2 Å². The molecular formula is C16H20N2O3. The third-order valence-corrected chi connectivity index (χ3v) is 4.12. The van der Waals surface area contributed by atoms with E-state index >= 15 is 0 Å². The van der Waals surface area contributed by atoms with E-state index in [2.05, 4.69) is 11.4 Å². The number of hydrogen-bond acceptors (Lipinski definition) is 4. The summed E-state index contributed by atoms with van der Waals surface area (Å²) in [4.78, 5) is 11.6. The topological polar surface area (TPSA) is 71.3 Å². The van der Waals surface area contributed by atoms with Crippen molar-refractivity contribution in [2.24, 2.45) is 0 Å². The third-order valence-electron chi connectivity index (χ3n) is 4.12. The summed E-state index contributed by atoms with van der Waals surface area (Å²) in [6, 6.07) is 9.68. The summed E-state index contributed by atoms with van der Waals surface area (Å²) in [6.45, 7) is 3.83. The van der Waals surface area contributed by atoms with Gasteiger partial charge in [0, 0.05) is 13.5 Å². The average Bonchev–Trinajstić information content (AvgIpc) is 2.49. The number of ether oxygens (including phenoxy) is 2. The van der Waals surface area contributed by atoms with E-state index in [1.807, 2.05) is 31.2 Å². The molecule has 1 aromatic carbocycles. The van der Waals surface area contributed by atoms with E-state index in [9.17, 15) is 10.1 Å². The van der Waals surface area contributed by atoms with E-state index in [4.69, 9.17) is 9.47 Å². The predicted octanol–water partition coefficient (Wildman–Crippen LogP) is 2.12. The van der Waals surface area contributed by atoms with Gasteiger partial charge in [0.1, 0.15) is 11.4 Å². The van der Waals surface area contributed by atoms with Crippen molar-refractivity contribution >= 4 is 5.91 Å². The van der Waals surface area contributed by atoms with Crippen molar-refractivity contribution in [2.45, 2.75) is 37.8 Å². The first-order valence-corrected chi connectivity index (χ1v) is 6.96. The molecule has 21 heavy (non-hydrogen) atoms. The summed E-state index contributed by atoms with van der Waals surface area (Å²) >= 11 is 0. The summed E-state index contributed by atoms with van der Waals surface area (Å²) in [5.41, 5.74) is -1.11. The van der Waals surface area contributed by atoms with Crippen LogP contribution in [0.25, 0.3) is 0 Å². The van der Waals surface area contributed by atoms with Crippen molar-refractivity contribution in [3.63, 3.8) is 0 Å². The molecule has 0 bridgehead atoms. The highest BCUT2D eigenvalue weighted by atomic mass is 16.5. The van der Waals surface area contributed by atoms with Gasteiger partial charge in [-0.15, -0.1) is 0 Å². The first kappa shape index (κ1) is 15.3. The molecule has 2 rings (SSSR count). The van der Waals surface area contributed by atoms with Crippen LogP contribution in [0.2, 0.25) is 0 Å². The van der Waals surface area contributed by atoms with Crippen LogP contribution < -0.4 is 10.1 Å². The second-order valence-electron chi connectivity index (χ2n) is 5.41. The second-order valence-corrected chi connectivity index (χ2v) is 5.41. The number of nitrogens with zero attached hydrogens (tertiary/aromatic N) is 1. The van der Waals surface area contributed by atoms with Gasteiger partial charge in [0.2, 0.25) is 5.91 Å². The second kappa shape index (κ2) is 5.74. The van der Waals surface area contributed by atoms with Gasteiger partial charge in [-0.25, -0.2) is 0 Å². The van der Waals surface area contributed by atoms with E-state index in [-0.39, 0.29) is 5.91 Å². The van der Waals surface area contributed by atoms with Crippen molar-refractivity contribution in [3.05, 3.63) is 29.8 Å². The first-order chi connectivity index (χ1) is 9.97. The SMILES string of the molecule is COc1ccc(C2(C)OCCCC2(C#N)NC(C)=O)cc1. The Morgan fingerprint density at radius 1 is 1.43 bits per heavy atom. The standard InChI is InChI=1S/C16H20N2O3/c1-12(19)18-16(11-17)9-4-10-21-15(16,2)13-5-7-14(20-3)8-6-13/h5-8H,4,9-10H2,1-3H3,(H,18,19). The zero-order chi connectivity index (χ0) is 15.5. The summed E-state index contributed by atoms with van der Waals surface area (Å²) < 4.78 is 11.1. The Balaban J connectivity index is 2.47. The highest BCUT2D eigenvalue weighted by Crippen LogP contribution is 2.43. The smallest absolute Gasteiger partial charge is 0.218 e. The van der Waals surface area contributed by atoms with Gasteiger partial charge in [0.05, 0.1) is 13.2 Å². The van der Waals surface area contributed by atoms with Crippen LogP contribution in [0.1, 0.15) is 32.3 Å². The number of methoxy groups -OCH3 is 1. The molecule has 0 spiro atoms. The highest BCUT2D eigenvalue weighted by Gasteiger charge is 2.53. The molecule has 1 N–H and O–H groups in total. The molecular weight excluding hydrogens is 268 g/mol. The zero-order valence-corrected chi connectivity index (χ0v) is 12.6. The number of nitrogens with one attached hydrogen (secondary N) is 1. The van der Waals surface area contributed by atoms with Crippen LogP contribution >= 0.6 is 0 Å². The van der Waals surface area contributed by atoms with Crippen LogP contribution in [0.4, 0.5) is 0 Å². The number of nitriles is 1. The minimum absolute atomic E-state index is 0.234. The molecule has 1 aliphatic heterocycles. The number of hydrogen-bond donors (Lipinski definition) is 1. The van der Waals surface area contributed by atoms with Gasteiger partial charge in [-0.1, -0.05) is 12.1 Å². The maximum Gasteiger partial charge on any atom is 0.218 e. The van der Waals surface area contributed by atoms with E-state index in [1.54, 1.807) is 7.11 Å². The minimum Gasteiger partial charge on any atom is -0.497 e. The molecule has 1 fully saturated rings. The van der Waals surface area contributed by atoms with Gasteiger partial charge >= 0.3 is 0 Å². The Kier molecular flexibility index (Phi) is 4.19. The summed E-state index contributed by atoms with van der Waals surface area (Å²) in [5, 5.41) is 12.5. The minimum atomic E-state index is -1.06. The van der Waals surface area contributed by atoms with Crippen molar-refractivity contribution in [1.29, 1.82) is 5.26 Å². The molecule has 1 heterocycles. The van der Waals surface area contributed by atoms with Crippen LogP contribution in [0.3, 0.4) is 0 Å². The van der Waals surface area contributed by atoms with Crippen molar-refractivity contribution < 1.29 is 14.3 Å². The van der Waals surface area contributed by atoms with Gasteiger partial charge in [-0.2, -0.15) is 5.26 Å². The zero-order valence-electron chi connectivity index (χ0n) is 12.6. The monoisotopic (exact) mass is 288 g/mol. The molecule has 0 radical (unpaired) electrons. The Morgan fingerprint density at radius 2 is 2.10 bits per heavy atom. The van der Waals surface area contributed by atoms with Gasteiger partial charge < -0.3 is 14.8 Å². The van der Waals surface area contributed by atoms with E-state index in [1.165, 1.54) is 6.92 Å². The van der Waals surface area contributed by atoms with Gasteiger partial charge in [-0.3, -0.25) is 4.79 Å². The first-order valence-electron chi connectivity index (χ1n) is 6.96. The van der Waals surface area contributed by atoms with Crippen LogP contribution in [0, 0.1) is 11.3 Å². The van der Waals surface area contributed by atoms with Gasteiger partial charge in [0.25, 0.3) is 0 Å². The molecule has 1 saturated heterocycles. The molecule has 2 unspecified atom stereocenters. The van der Waals surface area contributed by atoms with Crippen LogP contribution in [0.15, 0.2) is 24.3 Å². The Bertz CT molecular complexity index is 564. The lowest BCUT2D eigenvalue weighted by Gasteiger charge is -2.47. The molecule has 5 heteroatoms. The Morgan fingerprint density at radius 3 is 2.62 bits per heavy atom. The fraction of sp³-hybridized carbons (Fsp3) is 0.500. The lowest BCUT2D eigenvalue weighted by atomic mass is 9.72. The number of carbonyl (C=O) groups is 1. The summed E-state index contributed by atoms with van der Waals surface area (Å²) in [7, 11) is 1.60. The summed E-state index contributed by atoms with van der Waals surface area (Å²) in [6.07, 6.45) is 1.30. The Hall–Kier alpha value is -2.06. The fourth-order valence-electron chi connectivity index (χ4n) is 2.89. The molecule has 1 aromatic rings. The molecule has 1 aliphatic rings. The summed E-state index contributed by atoms with van der Waals surface area (Å²) in [5.74, 6) is 0.502.